The van der Waals surface area contributed by atoms with Gasteiger partial charge in [0.25, 0.3) is 0 Å². The number of hydrogen-bond acceptors (Lipinski definition) is 1. The molecule has 0 unspecified atom stereocenters. The second-order valence-electron chi connectivity index (χ2n) is 3.09. The zero-order valence-electron chi connectivity index (χ0n) is 7.64. The Morgan fingerprint density at radius 1 is 1.07 bits per heavy atom. The van der Waals surface area contributed by atoms with Crippen molar-refractivity contribution in [2.24, 2.45) is 5.73 Å². The fourth-order valence-electron chi connectivity index (χ4n) is 1.17. The van der Waals surface area contributed by atoms with Crippen molar-refractivity contribution in [2.45, 2.75) is 19.0 Å². The first-order chi connectivity index (χ1) is 6.54. The molecule has 0 heterocycles. The van der Waals surface area contributed by atoms with E-state index in [0.29, 0.717) is 6.54 Å². The van der Waals surface area contributed by atoms with E-state index in [9.17, 15) is 13.2 Å². The van der Waals surface area contributed by atoms with Crippen LogP contribution in [0.4, 0.5) is 13.2 Å². The Kier molecular flexibility index (Phi) is 3.52. The average molecular weight is 203 g/mol. The minimum absolute atomic E-state index is 0.557. The third-order valence-electron chi connectivity index (χ3n) is 1.95. The van der Waals surface area contributed by atoms with Crippen molar-refractivity contribution in [1.29, 1.82) is 0 Å². The molecule has 0 aliphatic rings. The van der Waals surface area contributed by atoms with Gasteiger partial charge in [-0.2, -0.15) is 13.2 Å². The number of aryl methyl sites for hydroxylation is 1. The lowest BCUT2D eigenvalue weighted by atomic mass is 10.1. The van der Waals surface area contributed by atoms with E-state index in [4.69, 9.17) is 5.73 Å². The van der Waals surface area contributed by atoms with E-state index in [-0.39, 0.29) is 0 Å². The Balaban J connectivity index is 2.69. The first-order valence-corrected chi connectivity index (χ1v) is 4.40. The quantitative estimate of drug-likeness (QED) is 0.802. The van der Waals surface area contributed by atoms with Gasteiger partial charge in [0.05, 0.1) is 5.56 Å². The van der Waals surface area contributed by atoms with Crippen molar-refractivity contribution in [3.8, 4) is 0 Å². The Morgan fingerprint density at radius 3 is 2.07 bits per heavy atom. The number of hydrogen-bond donors (Lipinski definition) is 1. The molecule has 4 heteroatoms. The third kappa shape index (κ3) is 3.03. The highest BCUT2D eigenvalue weighted by atomic mass is 19.4. The first-order valence-electron chi connectivity index (χ1n) is 4.40. The Labute approximate surface area is 80.7 Å². The zero-order chi connectivity index (χ0) is 10.6. The molecule has 0 saturated heterocycles. The minimum atomic E-state index is -4.24. The van der Waals surface area contributed by atoms with E-state index in [2.05, 4.69) is 0 Å². The molecular formula is C10H12F3N. The monoisotopic (exact) mass is 203 g/mol. The van der Waals surface area contributed by atoms with E-state index in [1.807, 2.05) is 0 Å². The van der Waals surface area contributed by atoms with Crippen molar-refractivity contribution in [1.82, 2.24) is 0 Å². The summed E-state index contributed by atoms with van der Waals surface area (Å²) in [5.74, 6) is 0. The van der Waals surface area contributed by atoms with Crippen molar-refractivity contribution >= 4 is 0 Å². The molecule has 0 fully saturated rings. The molecule has 0 atom stereocenters. The van der Waals surface area contributed by atoms with E-state index in [0.717, 1.165) is 30.5 Å². The van der Waals surface area contributed by atoms with Crippen LogP contribution in [-0.4, -0.2) is 6.54 Å². The van der Waals surface area contributed by atoms with Gasteiger partial charge in [0.1, 0.15) is 0 Å². The van der Waals surface area contributed by atoms with Crippen molar-refractivity contribution in [3.63, 3.8) is 0 Å². The number of benzene rings is 1. The SMILES string of the molecule is NCCCc1ccc(C(F)(F)F)cc1. The number of nitrogens with two attached hydrogens (primary N) is 1. The lowest BCUT2D eigenvalue weighted by Crippen LogP contribution is -2.05. The van der Waals surface area contributed by atoms with Gasteiger partial charge in [-0.05, 0) is 37.1 Å². The van der Waals surface area contributed by atoms with Crippen LogP contribution in [0.1, 0.15) is 17.5 Å². The second-order valence-corrected chi connectivity index (χ2v) is 3.09. The molecule has 0 radical (unpaired) electrons. The van der Waals surface area contributed by atoms with Crippen LogP contribution in [0.2, 0.25) is 0 Å². The van der Waals surface area contributed by atoms with E-state index in [1.54, 1.807) is 0 Å². The van der Waals surface area contributed by atoms with Crippen LogP contribution in [-0.2, 0) is 12.6 Å². The average Bonchev–Trinajstić information content (AvgIpc) is 2.14. The maximum Gasteiger partial charge on any atom is 0.416 e. The molecule has 0 spiro atoms. The fourth-order valence-corrected chi connectivity index (χ4v) is 1.17. The number of rotatable bonds is 3. The molecule has 2 N–H and O–H groups in total. The van der Waals surface area contributed by atoms with Gasteiger partial charge in [-0.25, -0.2) is 0 Å². The molecule has 0 aliphatic carbocycles. The molecule has 0 aliphatic heterocycles. The fraction of sp³-hybridized carbons (Fsp3) is 0.400. The van der Waals surface area contributed by atoms with Crippen molar-refractivity contribution < 1.29 is 13.2 Å². The maximum absolute atomic E-state index is 12.2. The predicted octanol–water partition coefficient (Wildman–Crippen LogP) is 2.60. The van der Waals surface area contributed by atoms with Gasteiger partial charge in [-0.1, -0.05) is 12.1 Å². The highest BCUT2D eigenvalue weighted by molar-refractivity contribution is 5.24. The zero-order valence-corrected chi connectivity index (χ0v) is 7.64. The molecule has 14 heavy (non-hydrogen) atoms. The van der Waals surface area contributed by atoms with Crippen LogP contribution in [0, 0.1) is 0 Å². The molecule has 0 bridgehead atoms. The highest BCUT2D eigenvalue weighted by Crippen LogP contribution is 2.29. The summed E-state index contributed by atoms with van der Waals surface area (Å²) >= 11 is 0. The molecule has 1 aromatic rings. The highest BCUT2D eigenvalue weighted by Gasteiger charge is 2.29. The number of alkyl halides is 3. The van der Waals surface area contributed by atoms with Gasteiger partial charge in [0.15, 0.2) is 0 Å². The summed E-state index contributed by atoms with van der Waals surface area (Å²) in [6.07, 6.45) is -2.72. The van der Waals surface area contributed by atoms with Gasteiger partial charge >= 0.3 is 6.18 Å². The number of halogens is 3. The Morgan fingerprint density at radius 2 is 1.64 bits per heavy atom. The topological polar surface area (TPSA) is 26.0 Å². The summed E-state index contributed by atoms with van der Waals surface area (Å²) in [5, 5.41) is 0. The third-order valence-corrected chi connectivity index (χ3v) is 1.95. The van der Waals surface area contributed by atoms with Gasteiger partial charge in [-0.15, -0.1) is 0 Å². The van der Waals surface area contributed by atoms with E-state index >= 15 is 0 Å². The molecule has 0 aromatic heterocycles. The van der Waals surface area contributed by atoms with Crippen LogP contribution in [0.3, 0.4) is 0 Å². The van der Waals surface area contributed by atoms with Crippen LogP contribution < -0.4 is 5.73 Å². The van der Waals surface area contributed by atoms with Gasteiger partial charge in [0, 0.05) is 0 Å². The van der Waals surface area contributed by atoms with E-state index in [1.165, 1.54) is 12.1 Å². The summed E-state index contributed by atoms with van der Waals surface area (Å²) in [7, 11) is 0. The van der Waals surface area contributed by atoms with Crippen LogP contribution in [0.15, 0.2) is 24.3 Å². The summed E-state index contributed by atoms with van der Waals surface area (Å²) in [6.45, 7) is 0.557. The second kappa shape index (κ2) is 4.46. The normalized spacial score (nSPS) is 11.7. The molecule has 0 amide bonds. The van der Waals surface area contributed by atoms with Crippen molar-refractivity contribution in [2.75, 3.05) is 6.54 Å². The van der Waals surface area contributed by atoms with Crippen molar-refractivity contribution in [3.05, 3.63) is 35.4 Å². The molecule has 78 valence electrons. The lowest BCUT2D eigenvalue weighted by molar-refractivity contribution is -0.137. The minimum Gasteiger partial charge on any atom is -0.330 e. The Bertz CT molecular complexity index is 276. The standard InChI is InChI=1S/C10H12F3N/c11-10(12,13)9-5-3-8(4-6-9)2-1-7-14/h3-6H,1-2,7,14H2. The lowest BCUT2D eigenvalue weighted by Gasteiger charge is -2.07. The maximum atomic E-state index is 12.2. The molecule has 1 aromatic carbocycles. The molecule has 1 rings (SSSR count). The first kappa shape index (κ1) is 11.0. The predicted molar refractivity (Wildman–Crippen MR) is 48.8 cm³/mol. The molecular weight excluding hydrogens is 191 g/mol. The van der Waals surface area contributed by atoms with Gasteiger partial charge < -0.3 is 5.73 Å². The molecule has 0 saturated carbocycles. The van der Waals surface area contributed by atoms with Crippen LogP contribution in [0.5, 0.6) is 0 Å². The van der Waals surface area contributed by atoms with E-state index < -0.39 is 11.7 Å². The Hall–Kier alpha value is -1.03. The summed E-state index contributed by atoms with van der Waals surface area (Å²) in [4.78, 5) is 0. The van der Waals surface area contributed by atoms with Crippen LogP contribution in [0.25, 0.3) is 0 Å². The molecule has 1 nitrogen and oxygen atoms in total. The summed E-state index contributed by atoms with van der Waals surface area (Å²) < 4.78 is 36.5. The summed E-state index contributed by atoms with van der Waals surface area (Å²) in [5.41, 5.74) is 5.58. The summed E-state index contributed by atoms with van der Waals surface area (Å²) in [6, 6.07) is 5.20. The largest absolute Gasteiger partial charge is 0.416 e. The van der Waals surface area contributed by atoms with Gasteiger partial charge in [-0.3, -0.25) is 0 Å². The van der Waals surface area contributed by atoms with Crippen LogP contribution >= 0.6 is 0 Å². The smallest absolute Gasteiger partial charge is 0.330 e. The van der Waals surface area contributed by atoms with Gasteiger partial charge in [0.2, 0.25) is 0 Å².